The number of nitrogens with one attached hydrogen (secondary N) is 1. The van der Waals surface area contributed by atoms with Gasteiger partial charge in [-0.25, -0.2) is 9.36 Å². The summed E-state index contributed by atoms with van der Waals surface area (Å²) < 4.78 is 7.32. The molecule has 3 aromatic rings. The molecule has 1 fully saturated rings. The molecule has 0 bridgehead atoms. The van der Waals surface area contributed by atoms with Gasteiger partial charge in [-0.3, -0.25) is 0 Å². The molecule has 0 amide bonds. The highest BCUT2D eigenvalue weighted by molar-refractivity contribution is 5.90. The third-order valence-electron chi connectivity index (χ3n) is 4.79. The van der Waals surface area contributed by atoms with Gasteiger partial charge in [-0.1, -0.05) is 48.5 Å². The summed E-state index contributed by atoms with van der Waals surface area (Å²) in [4.78, 5) is 12.8. The van der Waals surface area contributed by atoms with Gasteiger partial charge in [-0.15, -0.1) is 0 Å². The number of nitrogens with zero attached hydrogens (tertiary/aromatic N) is 1. The van der Waals surface area contributed by atoms with Gasteiger partial charge in [-0.2, -0.15) is 0 Å². The van der Waals surface area contributed by atoms with E-state index in [2.05, 4.69) is 11.4 Å². The summed E-state index contributed by atoms with van der Waals surface area (Å²) >= 11 is 0. The maximum Gasteiger partial charge on any atom is 0.419 e. The highest BCUT2D eigenvalue weighted by Crippen LogP contribution is 2.23. The lowest BCUT2D eigenvalue weighted by molar-refractivity contribution is 0.141. The van der Waals surface area contributed by atoms with Crippen LogP contribution in [0.2, 0.25) is 0 Å². The maximum atomic E-state index is 12.8. The first-order chi connectivity index (χ1) is 12.3. The zero-order valence-corrected chi connectivity index (χ0v) is 14.2. The SMILES string of the molecule is O=C(OCc1ccccc1)n1c(CC2CCCN2)cc2ccccc21. The minimum absolute atomic E-state index is 0.285. The highest BCUT2D eigenvalue weighted by atomic mass is 16.5. The first kappa shape index (κ1) is 15.9. The number of hydrogen-bond acceptors (Lipinski definition) is 3. The van der Waals surface area contributed by atoms with E-state index in [4.69, 9.17) is 4.74 Å². The molecule has 128 valence electrons. The smallest absolute Gasteiger partial charge is 0.419 e. The molecule has 2 heterocycles. The van der Waals surface area contributed by atoms with Crippen LogP contribution in [0.25, 0.3) is 10.9 Å². The lowest BCUT2D eigenvalue weighted by Gasteiger charge is -2.13. The van der Waals surface area contributed by atoms with Crippen LogP contribution < -0.4 is 5.32 Å². The van der Waals surface area contributed by atoms with Crippen molar-refractivity contribution in [2.24, 2.45) is 0 Å². The first-order valence-electron chi connectivity index (χ1n) is 8.85. The molecular weight excluding hydrogens is 312 g/mol. The maximum absolute atomic E-state index is 12.8. The number of ether oxygens (including phenoxy) is 1. The van der Waals surface area contributed by atoms with Crippen LogP contribution in [0.4, 0.5) is 4.79 Å². The van der Waals surface area contributed by atoms with E-state index >= 15 is 0 Å². The van der Waals surface area contributed by atoms with E-state index in [0.717, 1.165) is 41.5 Å². The predicted molar refractivity (Wildman–Crippen MR) is 98.7 cm³/mol. The number of fused-ring (bicyclic) bond motifs is 1. The normalized spacial score (nSPS) is 17.0. The number of carbonyl (C=O) groups is 1. The summed E-state index contributed by atoms with van der Waals surface area (Å²) in [5, 5.41) is 4.58. The van der Waals surface area contributed by atoms with Crippen LogP contribution in [0.5, 0.6) is 0 Å². The second-order valence-corrected chi connectivity index (χ2v) is 6.57. The summed E-state index contributed by atoms with van der Waals surface area (Å²) in [6.07, 6.45) is 2.89. The Morgan fingerprint density at radius 3 is 2.72 bits per heavy atom. The van der Waals surface area contributed by atoms with E-state index in [0.29, 0.717) is 6.04 Å². The molecule has 1 saturated heterocycles. The van der Waals surface area contributed by atoms with E-state index in [1.165, 1.54) is 6.42 Å². The summed E-state index contributed by atoms with van der Waals surface area (Å²) in [5.74, 6) is 0. The van der Waals surface area contributed by atoms with Crippen LogP contribution in [-0.2, 0) is 17.8 Å². The van der Waals surface area contributed by atoms with Gasteiger partial charge in [0.2, 0.25) is 0 Å². The molecule has 4 heteroatoms. The lowest BCUT2D eigenvalue weighted by atomic mass is 10.1. The molecule has 0 radical (unpaired) electrons. The Balaban J connectivity index is 1.60. The average Bonchev–Trinajstić information content (AvgIpc) is 3.28. The van der Waals surface area contributed by atoms with Crippen LogP contribution in [0, 0.1) is 0 Å². The number of benzene rings is 2. The minimum atomic E-state index is -0.307. The van der Waals surface area contributed by atoms with Crippen molar-refractivity contribution in [2.75, 3.05) is 6.54 Å². The van der Waals surface area contributed by atoms with Crippen LogP contribution in [0.1, 0.15) is 24.1 Å². The van der Waals surface area contributed by atoms with E-state index in [9.17, 15) is 4.79 Å². The number of carbonyl (C=O) groups excluding carboxylic acids is 1. The Labute approximate surface area is 147 Å². The number of para-hydroxylation sites is 1. The fourth-order valence-corrected chi connectivity index (χ4v) is 3.55. The monoisotopic (exact) mass is 334 g/mol. The quantitative estimate of drug-likeness (QED) is 0.780. The molecule has 1 aliphatic heterocycles. The van der Waals surface area contributed by atoms with Crippen LogP contribution in [0.15, 0.2) is 60.7 Å². The minimum Gasteiger partial charge on any atom is -0.444 e. The predicted octanol–water partition coefficient (Wildman–Crippen LogP) is 4.12. The third-order valence-corrected chi connectivity index (χ3v) is 4.79. The fraction of sp³-hybridized carbons (Fsp3) is 0.286. The summed E-state index contributed by atoms with van der Waals surface area (Å²) in [7, 11) is 0. The van der Waals surface area contributed by atoms with Gasteiger partial charge in [0.15, 0.2) is 0 Å². The second-order valence-electron chi connectivity index (χ2n) is 6.57. The lowest BCUT2D eigenvalue weighted by Crippen LogP contribution is -2.26. The summed E-state index contributed by atoms with van der Waals surface area (Å²) in [6, 6.07) is 20.3. The van der Waals surface area contributed by atoms with Crippen LogP contribution in [0.3, 0.4) is 0 Å². The Morgan fingerprint density at radius 1 is 1.12 bits per heavy atom. The summed E-state index contributed by atoms with van der Waals surface area (Å²) in [6.45, 7) is 1.34. The van der Waals surface area contributed by atoms with Crippen molar-refractivity contribution in [2.45, 2.75) is 31.9 Å². The molecule has 4 nitrogen and oxygen atoms in total. The van der Waals surface area contributed by atoms with Gasteiger partial charge in [-0.05, 0) is 37.1 Å². The first-order valence-corrected chi connectivity index (χ1v) is 8.85. The molecule has 1 N–H and O–H groups in total. The van der Waals surface area contributed by atoms with Crippen molar-refractivity contribution < 1.29 is 9.53 Å². The molecule has 4 rings (SSSR count). The number of hydrogen-bond donors (Lipinski definition) is 1. The largest absolute Gasteiger partial charge is 0.444 e. The van der Waals surface area contributed by atoms with E-state index in [-0.39, 0.29) is 12.7 Å². The van der Waals surface area contributed by atoms with Gasteiger partial charge < -0.3 is 10.1 Å². The number of rotatable bonds is 4. The Bertz CT molecular complexity index is 864. The molecule has 1 atom stereocenters. The number of aromatic nitrogens is 1. The highest BCUT2D eigenvalue weighted by Gasteiger charge is 2.21. The van der Waals surface area contributed by atoms with Crippen LogP contribution >= 0.6 is 0 Å². The molecule has 0 saturated carbocycles. The van der Waals surface area contributed by atoms with Crippen molar-refractivity contribution in [3.05, 3.63) is 71.9 Å². The Kier molecular flexibility index (Phi) is 4.53. The van der Waals surface area contributed by atoms with E-state index < -0.39 is 0 Å². The van der Waals surface area contributed by atoms with Crippen LogP contribution in [-0.4, -0.2) is 23.2 Å². The molecule has 25 heavy (non-hydrogen) atoms. The zero-order valence-electron chi connectivity index (χ0n) is 14.2. The molecular formula is C21H22N2O2. The van der Waals surface area contributed by atoms with E-state index in [1.54, 1.807) is 4.57 Å². The Hall–Kier alpha value is -2.59. The molecule has 1 aromatic heterocycles. The fourth-order valence-electron chi connectivity index (χ4n) is 3.55. The van der Waals surface area contributed by atoms with Gasteiger partial charge >= 0.3 is 6.09 Å². The van der Waals surface area contributed by atoms with Gasteiger partial charge in [0.1, 0.15) is 6.61 Å². The van der Waals surface area contributed by atoms with Gasteiger partial charge in [0.05, 0.1) is 5.52 Å². The van der Waals surface area contributed by atoms with Gasteiger partial charge in [0, 0.05) is 23.5 Å². The molecule has 1 unspecified atom stereocenters. The molecule has 0 spiro atoms. The Morgan fingerprint density at radius 2 is 1.92 bits per heavy atom. The van der Waals surface area contributed by atoms with Gasteiger partial charge in [0.25, 0.3) is 0 Å². The van der Waals surface area contributed by atoms with Crippen molar-refractivity contribution in [1.82, 2.24) is 9.88 Å². The standard InChI is InChI=1S/C21H22N2O2/c24-21(25-15-16-7-2-1-3-8-16)23-19(14-18-10-6-12-22-18)13-17-9-4-5-11-20(17)23/h1-5,7-9,11,13,18,22H,6,10,12,14-15H2. The van der Waals surface area contributed by atoms with E-state index in [1.807, 2.05) is 54.6 Å². The topological polar surface area (TPSA) is 43.3 Å². The van der Waals surface area contributed by atoms with Crippen molar-refractivity contribution in [3.8, 4) is 0 Å². The average molecular weight is 334 g/mol. The molecule has 1 aliphatic rings. The molecule has 2 aromatic carbocycles. The van der Waals surface area contributed by atoms with Crippen molar-refractivity contribution in [1.29, 1.82) is 0 Å². The third kappa shape index (κ3) is 3.44. The zero-order chi connectivity index (χ0) is 17.1. The molecule has 0 aliphatic carbocycles. The summed E-state index contributed by atoms with van der Waals surface area (Å²) in [5.41, 5.74) is 2.92. The van der Waals surface area contributed by atoms with Crippen molar-refractivity contribution >= 4 is 17.0 Å². The van der Waals surface area contributed by atoms with Crippen molar-refractivity contribution in [3.63, 3.8) is 0 Å². The second kappa shape index (κ2) is 7.11.